The number of rotatable bonds is 2. The maximum absolute atomic E-state index is 6.31. The first-order valence-electron chi connectivity index (χ1n) is 7.72. The quantitative estimate of drug-likeness (QED) is 0.921. The van der Waals surface area contributed by atoms with Crippen molar-refractivity contribution in [3.63, 3.8) is 0 Å². The zero-order valence-electron chi connectivity index (χ0n) is 12.3. The lowest BCUT2D eigenvalue weighted by Crippen LogP contribution is -2.55. The Morgan fingerprint density at radius 3 is 3.19 bits per heavy atom. The van der Waals surface area contributed by atoms with E-state index in [0.717, 1.165) is 42.9 Å². The van der Waals surface area contributed by atoms with E-state index < -0.39 is 0 Å². The molecule has 1 fully saturated rings. The molecule has 1 N–H and O–H groups in total. The first-order valence-corrected chi connectivity index (χ1v) is 7.72. The molecule has 4 nitrogen and oxygen atoms in total. The zero-order chi connectivity index (χ0) is 14.3. The molecule has 2 aromatic rings. The molecule has 2 aliphatic rings. The third kappa shape index (κ3) is 2.05. The Labute approximate surface area is 124 Å². The fourth-order valence-electron chi connectivity index (χ4n) is 3.74. The van der Waals surface area contributed by atoms with Gasteiger partial charge in [-0.25, -0.2) is 4.98 Å². The topological polar surface area (TPSA) is 47.3 Å². The standard InChI is InChI=1S/C17H20N2O2/c1-2-15-3-5-18-11-17(15)8-13-7-14(9-19-16(13)21-17)12-4-6-20-10-12/h4,6-7,9-10,15,18H,2-3,5,8,11H2,1H3. The summed E-state index contributed by atoms with van der Waals surface area (Å²) in [5.74, 6) is 1.41. The number of fused-ring (bicyclic) bond motifs is 1. The van der Waals surface area contributed by atoms with Crippen LogP contribution in [0.2, 0.25) is 0 Å². The minimum absolute atomic E-state index is 0.0998. The minimum atomic E-state index is -0.0998. The zero-order valence-corrected chi connectivity index (χ0v) is 12.3. The van der Waals surface area contributed by atoms with Gasteiger partial charge in [0.25, 0.3) is 0 Å². The Morgan fingerprint density at radius 1 is 1.43 bits per heavy atom. The van der Waals surface area contributed by atoms with Gasteiger partial charge < -0.3 is 14.5 Å². The lowest BCUT2D eigenvalue weighted by atomic mass is 9.77. The van der Waals surface area contributed by atoms with Crippen LogP contribution in [0.15, 0.2) is 35.3 Å². The largest absolute Gasteiger partial charge is 0.472 e. The Kier molecular flexibility index (Phi) is 3.00. The van der Waals surface area contributed by atoms with Crippen LogP contribution >= 0.6 is 0 Å². The van der Waals surface area contributed by atoms with Gasteiger partial charge in [-0.3, -0.25) is 0 Å². The molecule has 0 saturated carbocycles. The third-order valence-corrected chi connectivity index (χ3v) is 4.90. The van der Waals surface area contributed by atoms with Crippen molar-refractivity contribution in [2.45, 2.75) is 31.8 Å². The lowest BCUT2D eigenvalue weighted by molar-refractivity contribution is 0.00310. The summed E-state index contributed by atoms with van der Waals surface area (Å²) >= 11 is 0. The maximum Gasteiger partial charge on any atom is 0.217 e. The van der Waals surface area contributed by atoms with Gasteiger partial charge in [0.15, 0.2) is 0 Å². The van der Waals surface area contributed by atoms with Crippen molar-refractivity contribution in [3.8, 4) is 17.0 Å². The van der Waals surface area contributed by atoms with Crippen molar-refractivity contribution in [1.82, 2.24) is 10.3 Å². The summed E-state index contributed by atoms with van der Waals surface area (Å²) in [5.41, 5.74) is 3.29. The minimum Gasteiger partial charge on any atom is -0.472 e. The molecule has 21 heavy (non-hydrogen) atoms. The molecule has 0 bridgehead atoms. The average molecular weight is 284 g/mol. The highest BCUT2D eigenvalue weighted by Gasteiger charge is 2.47. The fourth-order valence-corrected chi connectivity index (χ4v) is 3.74. The van der Waals surface area contributed by atoms with Gasteiger partial charge in [0, 0.05) is 41.8 Å². The monoisotopic (exact) mass is 284 g/mol. The van der Waals surface area contributed by atoms with Crippen molar-refractivity contribution in [3.05, 3.63) is 36.4 Å². The second-order valence-electron chi connectivity index (χ2n) is 6.11. The first kappa shape index (κ1) is 12.9. The van der Waals surface area contributed by atoms with Gasteiger partial charge in [-0.15, -0.1) is 0 Å². The maximum atomic E-state index is 6.31. The molecule has 2 atom stereocenters. The van der Waals surface area contributed by atoms with Crippen LogP contribution in [0.5, 0.6) is 5.88 Å². The average Bonchev–Trinajstić information content (AvgIpc) is 3.14. The smallest absolute Gasteiger partial charge is 0.217 e. The molecule has 1 saturated heterocycles. The van der Waals surface area contributed by atoms with Gasteiger partial charge in [-0.1, -0.05) is 6.92 Å². The lowest BCUT2D eigenvalue weighted by Gasteiger charge is -2.40. The third-order valence-electron chi connectivity index (χ3n) is 4.90. The van der Waals surface area contributed by atoms with Gasteiger partial charge in [0.2, 0.25) is 5.88 Å². The van der Waals surface area contributed by atoms with Crippen LogP contribution in [0.25, 0.3) is 11.1 Å². The molecular formula is C17H20N2O2. The van der Waals surface area contributed by atoms with Crippen LogP contribution < -0.4 is 10.1 Å². The number of nitrogens with zero attached hydrogens (tertiary/aromatic N) is 1. The van der Waals surface area contributed by atoms with E-state index in [1.807, 2.05) is 12.3 Å². The van der Waals surface area contributed by atoms with E-state index >= 15 is 0 Å². The molecule has 2 unspecified atom stereocenters. The van der Waals surface area contributed by atoms with Crippen LogP contribution in [0, 0.1) is 5.92 Å². The van der Waals surface area contributed by atoms with Gasteiger partial charge in [-0.2, -0.15) is 0 Å². The summed E-state index contributed by atoms with van der Waals surface area (Å²) in [6.07, 6.45) is 8.61. The van der Waals surface area contributed by atoms with Crippen molar-refractivity contribution in [2.75, 3.05) is 13.1 Å². The molecule has 4 rings (SSSR count). The van der Waals surface area contributed by atoms with E-state index in [1.54, 1.807) is 12.5 Å². The molecule has 110 valence electrons. The molecule has 2 aliphatic heterocycles. The summed E-state index contributed by atoms with van der Waals surface area (Å²) in [6.45, 7) is 4.27. The van der Waals surface area contributed by atoms with Crippen molar-refractivity contribution in [1.29, 1.82) is 0 Å². The van der Waals surface area contributed by atoms with Crippen LogP contribution in [0.1, 0.15) is 25.3 Å². The summed E-state index contributed by atoms with van der Waals surface area (Å²) < 4.78 is 11.5. The van der Waals surface area contributed by atoms with E-state index in [9.17, 15) is 0 Å². The first-order chi connectivity index (χ1) is 10.3. The number of ether oxygens (including phenoxy) is 1. The highest BCUT2D eigenvalue weighted by Crippen LogP contribution is 2.42. The van der Waals surface area contributed by atoms with Gasteiger partial charge in [-0.05, 0) is 31.5 Å². The van der Waals surface area contributed by atoms with Crippen LogP contribution in [0.3, 0.4) is 0 Å². The number of hydrogen-bond acceptors (Lipinski definition) is 4. The molecule has 4 heteroatoms. The summed E-state index contributed by atoms with van der Waals surface area (Å²) in [4.78, 5) is 4.54. The molecular weight excluding hydrogens is 264 g/mol. The molecule has 0 aromatic carbocycles. The number of aromatic nitrogens is 1. The Hall–Kier alpha value is -1.81. The van der Waals surface area contributed by atoms with E-state index in [-0.39, 0.29) is 5.60 Å². The van der Waals surface area contributed by atoms with Crippen LogP contribution in [0.4, 0.5) is 0 Å². The van der Waals surface area contributed by atoms with Crippen molar-refractivity contribution >= 4 is 0 Å². The fraction of sp³-hybridized carbons (Fsp3) is 0.471. The Balaban J connectivity index is 1.67. The van der Waals surface area contributed by atoms with Gasteiger partial charge in [0.1, 0.15) is 5.60 Å². The molecule has 4 heterocycles. The second-order valence-corrected chi connectivity index (χ2v) is 6.11. The van der Waals surface area contributed by atoms with Gasteiger partial charge in [0.05, 0.1) is 12.5 Å². The van der Waals surface area contributed by atoms with Crippen molar-refractivity contribution in [2.24, 2.45) is 5.92 Å². The van der Waals surface area contributed by atoms with E-state index in [1.165, 1.54) is 12.0 Å². The predicted molar refractivity (Wildman–Crippen MR) is 80.3 cm³/mol. The molecule has 0 amide bonds. The Bertz CT molecular complexity index is 638. The summed E-state index contributed by atoms with van der Waals surface area (Å²) in [6, 6.07) is 4.16. The second kappa shape index (κ2) is 4.88. The number of piperidine rings is 1. The predicted octanol–water partition coefficient (Wildman–Crippen LogP) is 3.03. The molecule has 2 aromatic heterocycles. The number of furan rings is 1. The van der Waals surface area contributed by atoms with E-state index in [2.05, 4.69) is 23.3 Å². The highest BCUT2D eigenvalue weighted by molar-refractivity contribution is 5.63. The van der Waals surface area contributed by atoms with E-state index in [4.69, 9.17) is 9.15 Å². The molecule has 0 radical (unpaired) electrons. The number of pyridine rings is 1. The van der Waals surface area contributed by atoms with Crippen molar-refractivity contribution < 1.29 is 9.15 Å². The summed E-state index contributed by atoms with van der Waals surface area (Å²) in [7, 11) is 0. The van der Waals surface area contributed by atoms with Crippen LogP contribution in [-0.2, 0) is 6.42 Å². The number of hydrogen-bond donors (Lipinski definition) is 1. The molecule has 1 spiro atoms. The Morgan fingerprint density at radius 2 is 2.38 bits per heavy atom. The summed E-state index contributed by atoms with van der Waals surface area (Å²) in [5, 5.41) is 3.49. The molecule has 0 aliphatic carbocycles. The van der Waals surface area contributed by atoms with E-state index in [0.29, 0.717) is 5.92 Å². The highest BCUT2D eigenvalue weighted by atomic mass is 16.5. The normalized spacial score (nSPS) is 27.6. The van der Waals surface area contributed by atoms with Gasteiger partial charge >= 0.3 is 0 Å². The number of nitrogens with one attached hydrogen (secondary N) is 1. The van der Waals surface area contributed by atoms with Crippen LogP contribution in [-0.4, -0.2) is 23.7 Å². The SMILES string of the molecule is CCC1CCNCC12Cc1cc(-c3ccoc3)cnc1O2.